The van der Waals surface area contributed by atoms with Crippen LogP contribution in [0.15, 0.2) is 59.5 Å². The fraction of sp³-hybridized carbons (Fsp3) is 0. The molecule has 0 aliphatic heterocycles. The van der Waals surface area contributed by atoms with E-state index in [0.717, 1.165) is 16.6 Å². The normalized spacial score (nSPS) is 11.3. The van der Waals surface area contributed by atoms with Crippen molar-refractivity contribution in [2.24, 2.45) is 0 Å². The first-order chi connectivity index (χ1) is 10.2. The van der Waals surface area contributed by atoms with Gasteiger partial charge in [0.05, 0.1) is 17.1 Å². The van der Waals surface area contributed by atoms with Crippen molar-refractivity contribution in [1.29, 1.82) is 0 Å². The molecule has 5 heteroatoms. The van der Waals surface area contributed by atoms with Crippen LogP contribution >= 0.6 is 11.6 Å². The Bertz CT molecular complexity index is 1020. The Labute approximate surface area is 124 Å². The predicted molar refractivity (Wildman–Crippen MR) is 83.8 cm³/mol. The number of rotatable bonds is 1. The van der Waals surface area contributed by atoms with Crippen molar-refractivity contribution >= 4 is 28.2 Å². The van der Waals surface area contributed by atoms with E-state index >= 15 is 0 Å². The number of hydrogen-bond acceptors (Lipinski definition) is 2. The van der Waals surface area contributed by atoms with Gasteiger partial charge in [-0.15, -0.1) is 0 Å². The Kier molecular flexibility index (Phi) is 2.59. The maximum atomic E-state index is 12.2. The Morgan fingerprint density at radius 3 is 2.62 bits per heavy atom. The summed E-state index contributed by atoms with van der Waals surface area (Å²) in [6, 6.07) is 14.9. The van der Waals surface area contributed by atoms with Crippen LogP contribution in [0.4, 0.5) is 0 Å². The predicted octanol–water partition coefficient (Wildman–Crippen LogP) is 3.50. The van der Waals surface area contributed by atoms with Crippen LogP contribution in [-0.4, -0.2) is 14.6 Å². The first-order valence-corrected chi connectivity index (χ1v) is 6.86. The molecule has 4 nitrogen and oxygen atoms in total. The largest absolute Gasteiger partial charge is 0.306 e. The molecule has 0 bridgehead atoms. The number of nitrogens with one attached hydrogen (secondary N) is 1. The molecule has 102 valence electrons. The Morgan fingerprint density at radius 1 is 1.05 bits per heavy atom. The summed E-state index contributed by atoms with van der Waals surface area (Å²) in [6.07, 6.45) is 1.75. The van der Waals surface area contributed by atoms with E-state index in [0.29, 0.717) is 16.1 Å². The molecule has 1 N–H and O–H groups in total. The Hall–Kier alpha value is -2.59. The van der Waals surface area contributed by atoms with Crippen LogP contribution in [0.1, 0.15) is 0 Å². The van der Waals surface area contributed by atoms with Gasteiger partial charge in [0.2, 0.25) is 0 Å². The van der Waals surface area contributed by atoms with E-state index in [2.05, 4.69) is 10.1 Å². The average Bonchev–Trinajstić information content (AvgIpc) is 2.92. The van der Waals surface area contributed by atoms with E-state index < -0.39 is 0 Å². The third-order valence-electron chi connectivity index (χ3n) is 3.53. The van der Waals surface area contributed by atoms with Crippen molar-refractivity contribution in [1.82, 2.24) is 14.6 Å². The zero-order valence-corrected chi connectivity index (χ0v) is 11.6. The zero-order chi connectivity index (χ0) is 14.4. The lowest BCUT2D eigenvalue weighted by Crippen LogP contribution is -2.10. The maximum Gasteiger partial charge on any atom is 0.259 e. The van der Waals surface area contributed by atoms with Crippen molar-refractivity contribution in [3.8, 4) is 11.1 Å². The minimum atomic E-state index is -0.117. The molecule has 0 amide bonds. The summed E-state index contributed by atoms with van der Waals surface area (Å²) in [6.45, 7) is 0. The molecule has 4 aromatic rings. The number of hydrogen-bond donors (Lipinski definition) is 1. The number of nitrogens with zero attached hydrogens (tertiary/aromatic N) is 2. The van der Waals surface area contributed by atoms with Crippen molar-refractivity contribution in [3.63, 3.8) is 0 Å². The molecular weight excluding hydrogens is 286 g/mol. The van der Waals surface area contributed by atoms with Crippen molar-refractivity contribution in [2.45, 2.75) is 0 Å². The smallest absolute Gasteiger partial charge is 0.259 e. The number of halogens is 1. The number of para-hydroxylation sites is 1. The van der Waals surface area contributed by atoms with E-state index in [4.69, 9.17) is 11.6 Å². The van der Waals surface area contributed by atoms with Crippen LogP contribution in [-0.2, 0) is 0 Å². The quantitative estimate of drug-likeness (QED) is 0.584. The SMILES string of the molecule is O=c1[nH]c2c(-c3ccc(Cl)cc3)cnn2c2ccccc12. The Balaban J connectivity index is 2.09. The third kappa shape index (κ3) is 1.84. The molecule has 4 rings (SSSR count). The number of benzene rings is 2. The van der Waals surface area contributed by atoms with E-state index in [1.807, 2.05) is 42.5 Å². The van der Waals surface area contributed by atoms with Gasteiger partial charge in [0.1, 0.15) is 5.65 Å². The molecule has 0 aliphatic carbocycles. The fourth-order valence-electron chi connectivity index (χ4n) is 2.52. The van der Waals surface area contributed by atoms with Crippen LogP contribution in [0.2, 0.25) is 5.02 Å². The topological polar surface area (TPSA) is 50.2 Å². The first-order valence-electron chi connectivity index (χ1n) is 6.49. The highest BCUT2D eigenvalue weighted by atomic mass is 35.5. The minimum Gasteiger partial charge on any atom is -0.306 e. The molecule has 2 aromatic heterocycles. The van der Waals surface area contributed by atoms with Gasteiger partial charge in [0, 0.05) is 10.6 Å². The molecule has 0 fully saturated rings. The summed E-state index contributed by atoms with van der Waals surface area (Å²) in [5.41, 5.74) is 3.18. The number of aromatic amines is 1. The van der Waals surface area contributed by atoms with Gasteiger partial charge in [-0.25, -0.2) is 4.52 Å². The second-order valence-corrected chi connectivity index (χ2v) is 5.23. The van der Waals surface area contributed by atoms with Gasteiger partial charge < -0.3 is 4.98 Å². The molecular formula is C16H10ClN3O. The second-order valence-electron chi connectivity index (χ2n) is 4.80. The van der Waals surface area contributed by atoms with E-state index in [9.17, 15) is 4.79 Å². The lowest BCUT2D eigenvalue weighted by atomic mass is 10.1. The van der Waals surface area contributed by atoms with Gasteiger partial charge >= 0.3 is 0 Å². The lowest BCUT2D eigenvalue weighted by molar-refractivity contribution is 0.977. The fourth-order valence-corrected chi connectivity index (χ4v) is 2.64. The first kappa shape index (κ1) is 12.2. The highest BCUT2D eigenvalue weighted by Gasteiger charge is 2.11. The molecule has 0 spiro atoms. The number of aromatic nitrogens is 3. The average molecular weight is 296 g/mol. The zero-order valence-electron chi connectivity index (χ0n) is 10.9. The van der Waals surface area contributed by atoms with Gasteiger partial charge in [0.15, 0.2) is 0 Å². The lowest BCUT2D eigenvalue weighted by Gasteiger charge is -2.03. The van der Waals surface area contributed by atoms with Crippen LogP contribution < -0.4 is 5.56 Å². The second kappa shape index (κ2) is 4.46. The van der Waals surface area contributed by atoms with Crippen molar-refractivity contribution in [3.05, 3.63) is 70.1 Å². The third-order valence-corrected chi connectivity index (χ3v) is 3.79. The van der Waals surface area contributed by atoms with Crippen molar-refractivity contribution < 1.29 is 0 Å². The molecule has 2 aromatic carbocycles. The monoisotopic (exact) mass is 295 g/mol. The molecule has 0 atom stereocenters. The maximum absolute atomic E-state index is 12.2. The van der Waals surface area contributed by atoms with Gasteiger partial charge in [0.25, 0.3) is 5.56 Å². The molecule has 0 aliphatic rings. The summed E-state index contributed by atoms with van der Waals surface area (Å²) in [4.78, 5) is 15.1. The van der Waals surface area contributed by atoms with Crippen LogP contribution in [0, 0.1) is 0 Å². The van der Waals surface area contributed by atoms with E-state index in [1.165, 1.54) is 0 Å². The van der Waals surface area contributed by atoms with E-state index in [-0.39, 0.29) is 5.56 Å². The molecule has 0 saturated heterocycles. The Morgan fingerprint density at radius 2 is 1.81 bits per heavy atom. The highest BCUT2D eigenvalue weighted by molar-refractivity contribution is 6.30. The van der Waals surface area contributed by atoms with Crippen molar-refractivity contribution in [2.75, 3.05) is 0 Å². The standard InChI is InChI=1S/C16H10ClN3O/c17-11-7-5-10(6-8-11)13-9-18-20-14-4-2-1-3-12(14)16(21)19-15(13)20/h1-9H,(H,19,21). The van der Waals surface area contributed by atoms with Gasteiger partial charge in [-0.3, -0.25) is 4.79 Å². The molecule has 0 radical (unpaired) electrons. The molecule has 0 saturated carbocycles. The van der Waals surface area contributed by atoms with Crippen LogP contribution in [0.5, 0.6) is 0 Å². The highest BCUT2D eigenvalue weighted by Crippen LogP contribution is 2.25. The van der Waals surface area contributed by atoms with Gasteiger partial charge in [-0.05, 0) is 29.8 Å². The molecule has 2 heterocycles. The van der Waals surface area contributed by atoms with Gasteiger partial charge in [-0.2, -0.15) is 5.10 Å². The summed E-state index contributed by atoms with van der Waals surface area (Å²) in [5, 5.41) is 5.70. The summed E-state index contributed by atoms with van der Waals surface area (Å²) in [7, 11) is 0. The minimum absolute atomic E-state index is 0.117. The summed E-state index contributed by atoms with van der Waals surface area (Å²) in [5.74, 6) is 0. The van der Waals surface area contributed by atoms with Crippen LogP contribution in [0.25, 0.3) is 27.7 Å². The number of H-pyrrole nitrogens is 1. The van der Waals surface area contributed by atoms with E-state index in [1.54, 1.807) is 16.8 Å². The summed E-state index contributed by atoms with van der Waals surface area (Å²) >= 11 is 5.92. The molecule has 21 heavy (non-hydrogen) atoms. The number of fused-ring (bicyclic) bond motifs is 3. The summed E-state index contributed by atoms with van der Waals surface area (Å²) < 4.78 is 1.75. The van der Waals surface area contributed by atoms with Crippen LogP contribution in [0.3, 0.4) is 0 Å². The van der Waals surface area contributed by atoms with Gasteiger partial charge in [-0.1, -0.05) is 35.9 Å². The molecule has 0 unspecified atom stereocenters.